The first kappa shape index (κ1) is 13.0. The molecule has 0 aliphatic carbocycles. The molecule has 1 aliphatic heterocycles. The van der Waals surface area contributed by atoms with Gasteiger partial charge < -0.3 is 4.74 Å². The Morgan fingerprint density at radius 3 is 3.05 bits per heavy atom. The molecule has 4 heterocycles. The van der Waals surface area contributed by atoms with Crippen molar-refractivity contribution in [1.82, 2.24) is 14.5 Å². The molecular weight excluding hydrogens is 282 g/mol. The van der Waals surface area contributed by atoms with Crippen LogP contribution in [0.15, 0.2) is 30.5 Å². The minimum Gasteiger partial charge on any atom is -0.381 e. The average Bonchev–Trinajstić information content (AvgIpc) is 3.11. The molecule has 0 saturated carbocycles. The lowest BCUT2D eigenvalue weighted by Crippen LogP contribution is -2.19. The second-order valence-corrected chi connectivity index (χ2v) is 6.72. The minimum atomic E-state index is 0.357. The zero-order valence-electron chi connectivity index (χ0n) is 12.0. The highest BCUT2D eigenvalue weighted by Gasteiger charge is 2.24. The minimum absolute atomic E-state index is 0.357. The summed E-state index contributed by atoms with van der Waals surface area (Å²) in [5.74, 6) is 1.45. The maximum atomic E-state index is 5.66. The summed E-state index contributed by atoms with van der Waals surface area (Å²) in [6.45, 7) is 3.75. The second-order valence-electron chi connectivity index (χ2n) is 5.45. The van der Waals surface area contributed by atoms with E-state index < -0.39 is 0 Å². The van der Waals surface area contributed by atoms with Crippen molar-refractivity contribution in [2.24, 2.45) is 0 Å². The van der Waals surface area contributed by atoms with E-state index in [1.807, 2.05) is 18.3 Å². The van der Waals surface area contributed by atoms with Crippen molar-refractivity contribution in [1.29, 1.82) is 0 Å². The Balaban J connectivity index is 1.92. The Morgan fingerprint density at radius 2 is 2.29 bits per heavy atom. The van der Waals surface area contributed by atoms with Gasteiger partial charge in [-0.3, -0.25) is 4.57 Å². The Bertz CT molecular complexity index is 771. The third-order valence-electron chi connectivity index (χ3n) is 3.91. The van der Waals surface area contributed by atoms with Gasteiger partial charge in [0.05, 0.1) is 6.61 Å². The van der Waals surface area contributed by atoms with Crippen LogP contribution in [-0.2, 0) is 4.74 Å². The second kappa shape index (κ2) is 5.24. The predicted molar refractivity (Wildman–Crippen MR) is 84.3 cm³/mol. The van der Waals surface area contributed by atoms with E-state index >= 15 is 0 Å². The van der Waals surface area contributed by atoms with Gasteiger partial charge in [0.1, 0.15) is 16.3 Å². The molecule has 108 valence electrons. The summed E-state index contributed by atoms with van der Waals surface area (Å²) >= 11 is 1.78. The maximum absolute atomic E-state index is 5.66. The smallest absolute Gasteiger partial charge is 0.165 e. The summed E-state index contributed by atoms with van der Waals surface area (Å²) in [5, 5.41) is 1.19. The van der Waals surface area contributed by atoms with E-state index in [4.69, 9.17) is 9.72 Å². The zero-order valence-corrected chi connectivity index (χ0v) is 12.8. The van der Waals surface area contributed by atoms with Crippen molar-refractivity contribution in [3.05, 3.63) is 41.2 Å². The lowest BCUT2D eigenvalue weighted by Gasteiger charge is -2.22. The fourth-order valence-corrected chi connectivity index (χ4v) is 3.78. The third-order valence-corrected chi connectivity index (χ3v) is 4.90. The molecule has 0 N–H and O–H groups in total. The first-order valence-corrected chi connectivity index (χ1v) is 8.12. The summed E-state index contributed by atoms with van der Waals surface area (Å²) in [5.41, 5.74) is 1.91. The standard InChI is InChI=1S/C16H17N3OS/c1-11-6-7-14(21-11)19-15(12-4-3-9-20-10-12)18-13-5-2-8-17-16(13)19/h2,5-8,12H,3-4,9-10H2,1H3. The van der Waals surface area contributed by atoms with Gasteiger partial charge in [-0.2, -0.15) is 0 Å². The maximum Gasteiger partial charge on any atom is 0.165 e. The Morgan fingerprint density at radius 1 is 1.33 bits per heavy atom. The molecule has 1 aliphatic rings. The highest BCUT2D eigenvalue weighted by molar-refractivity contribution is 7.14. The molecule has 4 rings (SSSR count). The van der Waals surface area contributed by atoms with Gasteiger partial charge in [-0.25, -0.2) is 9.97 Å². The molecule has 0 radical (unpaired) electrons. The van der Waals surface area contributed by atoms with Crippen LogP contribution in [0.4, 0.5) is 0 Å². The van der Waals surface area contributed by atoms with E-state index in [-0.39, 0.29) is 0 Å². The number of rotatable bonds is 2. The average molecular weight is 299 g/mol. The summed E-state index contributed by atoms with van der Waals surface area (Å²) in [6.07, 6.45) is 4.07. The van der Waals surface area contributed by atoms with Crippen LogP contribution < -0.4 is 0 Å². The van der Waals surface area contributed by atoms with Gasteiger partial charge in [0, 0.05) is 23.6 Å². The van der Waals surface area contributed by atoms with Crippen LogP contribution in [0.2, 0.25) is 0 Å². The fraction of sp³-hybridized carbons (Fsp3) is 0.375. The van der Waals surface area contributed by atoms with Crippen molar-refractivity contribution in [2.45, 2.75) is 25.7 Å². The lowest BCUT2D eigenvalue weighted by atomic mass is 10.0. The molecule has 1 fully saturated rings. The van der Waals surface area contributed by atoms with Crippen molar-refractivity contribution in [2.75, 3.05) is 13.2 Å². The molecule has 0 bridgehead atoms. The van der Waals surface area contributed by atoms with Gasteiger partial charge in [-0.15, -0.1) is 11.3 Å². The van der Waals surface area contributed by atoms with Gasteiger partial charge in [0.15, 0.2) is 5.65 Å². The highest BCUT2D eigenvalue weighted by atomic mass is 32.1. The molecule has 21 heavy (non-hydrogen) atoms. The molecule has 0 amide bonds. The molecule has 1 unspecified atom stereocenters. The fourth-order valence-electron chi connectivity index (χ4n) is 2.91. The zero-order chi connectivity index (χ0) is 14.2. The monoisotopic (exact) mass is 299 g/mol. The van der Waals surface area contributed by atoms with E-state index in [9.17, 15) is 0 Å². The van der Waals surface area contributed by atoms with Gasteiger partial charge >= 0.3 is 0 Å². The lowest BCUT2D eigenvalue weighted by molar-refractivity contribution is 0.0778. The van der Waals surface area contributed by atoms with Gasteiger partial charge in [-0.1, -0.05) is 0 Å². The molecule has 0 aromatic carbocycles. The first-order valence-electron chi connectivity index (χ1n) is 7.31. The van der Waals surface area contributed by atoms with E-state index in [0.717, 1.165) is 43.0 Å². The van der Waals surface area contributed by atoms with Crippen molar-refractivity contribution < 1.29 is 4.74 Å². The Hall–Kier alpha value is -1.72. The van der Waals surface area contributed by atoms with Crippen LogP contribution in [0.1, 0.15) is 29.5 Å². The Kier molecular flexibility index (Phi) is 3.24. The quantitative estimate of drug-likeness (QED) is 0.724. The van der Waals surface area contributed by atoms with E-state index in [1.54, 1.807) is 11.3 Å². The number of aromatic nitrogens is 3. The number of ether oxygens (including phenoxy) is 1. The summed E-state index contributed by atoms with van der Waals surface area (Å²) in [6, 6.07) is 8.28. The number of nitrogens with zero attached hydrogens (tertiary/aromatic N) is 3. The normalized spacial score (nSPS) is 19.2. The van der Waals surface area contributed by atoms with E-state index in [1.165, 1.54) is 9.88 Å². The number of hydrogen-bond donors (Lipinski definition) is 0. The number of imidazole rings is 1. The number of thiophene rings is 1. The number of hydrogen-bond acceptors (Lipinski definition) is 4. The first-order chi connectivity index (χ1) is 10.3. The summed E-state index contributed by atoms with van der Waals surface area (Å²) < 4.78 is 7.87. The highest BCUT2D eigenvalue weighted by Crippen LogP contribution is 2.32. The van der Waals surface area contributed by atoms with E-state index in [0.29, 0.717) is 5.92 Å². The predicted octanol–water partition coefficient (Wildman–Crippen LogP) is 3.68. The van der Waals surface area contributed by atoms with Crippen LogP contribution >= 0.6 is 11.3 Å². The van der Waals surface area contributed by atoms with Gasteiger partial charge in [-0.05, 0) is 44.0 Å². The van der Waals surface area contributed by atoms with Crippen LogP contribution in [0.5, 0.6) is 0 Å². The molecule has 0 spiro atoms. The largest absolute Gasteiger partial charge is 0.381 e. The SMILES string of the molecule is Cc1ccc(-n2c(C3CCCOC3)nc3cccnc32)s1. The molecule has 1 saturated heterocycles. The van der Waals surface area contributed by atoms with Crippen molar-refractivity contribution in [3.63, 3.8) is 0 Å². The summed E-state index contributed by atoms with van der Waals surface area (Å²) in [4.78, 5) is 10.7. The molecule has 5 heteroatoms. The molecule has 1 atom stereocenters. The number of fused-ring (bicyclic) bond motifs is 1. The Labute approximate surface area is 127 Å². The van der Waals surface area contributed by atoms with Crippen LogP contribution in [0, 0.1) is 6.92 Å². The molecular formula is C16H17N3OS. The van der Waals surface area contributed by atoms with Crippen molar-refractivity contribution in [3.8, 4) is 5.00 Å². The van der Waals surface area contributed by atoms with Crippen LogP contribution in [-0.4, -0.2) is 27.7 Å². The molecule has 3 aromatic rings. The molecule has 3 aromatic heterocycles. The van der Waals surface area contributed by atoms with Crippen LogP contribution in [0.25, 0.3) is 16.2 Å². The topological polar surface area (TPSA) is 39.9 Å². The van der Waals surface area contributed by atoms with Gasteiger partial charge in [0.2, 0.25) is 0 Å². The number of pyridine rings is 1. The third kappa shape index (κ3) is 2.26. The van der Waals surface area contributed by atoms with Crippen LogP contribution in [0.3, 0.4) is 0 Å². The van der Waals surface area contributed by atoms with E-state index in [2.05, 4.69) is 28.6 Å². The van der Waals surface area contributed by atoms with Crippen molar-refractivity contribution >= 4 is 22.5 Å². The molecule has 4 nitrogen and oxygen atoms in total. The number of aryl methyl sites for hydroxylation is 1. The van der Waals surface area contributed by atoms with Gasteiger partial charge in [0.25, 0.3) is 0 Å². The summed E-state index contributed by atoms with van der Waals surface area (Å²) in [7, 11) is 0.